The van der Waals surface area contributed by atoms with Crippen LogP contribution in [0.4, 0.5) is 4.39 Å². The van der Waals surface area contributed by atoms with Crippen molar-refractivity contribution < 1.29 is 13.7 Å². The second-order valence-corrected chi connectivity index (χ2v) is 5.68. The van der Waals surface area contributed by atoms with Crippen molar-refractivity contribution >= 4 is 7.12 Å². The summed E-state index contributed by atoms with van der Waals surface area (Å²) in [6.45, 7) is 8.13. The molecule has 0 saturated carbocycles. The fraction of sp³-hybridized carbons (Fsp3) is 0.500. The van der Waals surface area contributed by atoms with Crippen LogP contribution in [0.1, 0.15) is 33.3 Å². The molecule has 2 rings (SSSR count). The van der Waals surface area contributed by atoms with E-state index in [1.807, 2.05) is 34.1 Å². The number of hydrogen-bond acceptors (Lipinski definition) is 2. The number of benzene rings is 1. The first-order valence-electron chi connectivity index (χ1n) is 6.25. The summed E-state index contributed by atoms with van der Waals surface area (Å²) in [4.78, 5) is 0. The highest BCUT2D eigenvalue weighted by molar-refractivity contribution is 6.46. The molecule has 0 aromatic heterocycles. The lowest BCUT2D eigenvalue weighted by molar-refractivity contribution is 0.00578. The molecule has 0 aliphatic carbocycles. The van der Waals surface area contributed by atoms with Crippen molar-refractivity contribution in [3.63, 3.8) is 0 Å². The molecule has 1 saturated heterocycles. The number of halogens is 1. The van der Waals surface area contributed by atoms with Crippen molar-refractivity contribution in [3.05, 3.63) is 42.1 Å². The second kappa shape index (κ2) is 4.67. The summed E-state index contributed by atoms with van der Waals surface area (Å²) >= 11 is 0. The molecule has 97 valence electrons. The number of rotatable bonds is 3. The molecule has 1 aromatic carbocycles. The van der Waals surface area contributed by atoms with Gasteiger partial charge in [0.15, 0.2) is 0 Å². The minimum absolute atomic E-state index is 0.220. The maximum atomic E-state index is 12.8. The molecule has 1 aromatic rings. The summed E-state index contributed by atoms with van der Waals surface area (Å²) in [5.74, 6) is -0.220. The summed E-state index contributed by atoms with van der Waals surface area (Å²) in [6, 6.07) is 6.41. The Balaban J connectivity index is 1.91. The van der Waals surface area contributed by atoms with Gasteiger partial charge in [0.05, 0.1) is 11.2 Å². The summed E-state index contributed by atoms with van der Waals surface area (Å²) < 4.78 is 24.5. The lowest BCUT2D eigenvalue weighted by atomic mass is 9.81. The third-order valence-electron chi connectivity index (χ3n) is 3.72. The molecule has 0 amide bonds. The minimum Gasteiger partial charge on any atom is -0.403 e. The Kier molecular flexibility index (Phi) is 3.52. The maximum Gasteiger partial charge on any atom is 0.458 e. The smallest absolute Gasteiger partial charge is 0.403 e. The van der Waals surface area contributed by atoms with Crippen LogP contribution >= 0.6 is 0 Å². The molecule has 1 aliphatic rings. The van der Waals surface area contributed by atoms with Crippen LogP contribution in [0.3, 0.4) is 0 Å². The average molecular weight is 249 g/mol. The van der Waals surface area contributed by atoms with E-state index in [4.69, 9.17) is 9.31 Å². The van der Waals surface area contributed by atoms with E-state index in [-0.39, 0.29) is 24.1 Å². The van der Waals surface area contributed by atoms with Gasteiger partial charge in [0.2, 0.25) is 0 Å². The van der Waals surface area contributed by atoms with Gasteiger partial charge in [-0.15, -0.1) is 0 Å². The van der Waals surface area contributed by atoms with Gasteiger partial charge < -0.3 is 9.31 Å². The Bertz CT molecular complexity index is 398. The first-order valence-corrected chi connectivity index (χ1v) is 6.25. The number of hydrogen-bond donors (Lipinski definition) is 0. The van der Waals surface area contributed by atoms with E-state index < -0.39 is 0 Å². The van der Waals surface area contributed by atoms with Crippen LogP contribution in [0.2, 0.25) is 6.32 Å². The van der Waals surface area contributed by atoms with Gasteiger partial charge in [0.25, 0.3) is 0 Å². The molecule has 4 heteroatoms. The lowest BCUT2D eigenvalue weighted by Gasteiger charge is -2.32. The monoisotopic (exact) mass is 249 g/mol. The van der Waals surface area contributed by atoms with E-state index in [0.717, 1.165) is 5.56 Å². The van der Waals surface area contributed by atoms with E-state index >= 15 is 0 Å². The third kappa shape index (κ3) is 2.75. The third-order valence-corrected chi connectivity index (χ3v) is 3.72. The summed E-state index contributed by atoms with van der Waals surface area (Å²) in [7, 11) is -0.236. The first kappa shape index (κ1) is 13.6. The zero-order valence-corrected chi connectivity index (χ0v) is 11.4. The molecular formula is C14H19BFO2. The highest BCUT2D eigenvalue weighted by Crippen LogP contribution is 2.38. The Morgan fingerprint density at radius 1 is 1.06 bits per heavy atom. The molecule has 2 nitrogen and oxygen atoms in total. The zero-order chi connectivity index (χ0) is 13.4. The fourth-order valence-corrected chi connectivity index (χ4v) is 1.89. The molecule has 18 heavy (non-hydrogen) atoms. The molecule has 0 bridgehead atoms. The van der Waals surface area contributed by atoms with E-state index in [2.05, 4.69) is 0 Å². The Labute approximate surface area is 109 Å². The van der Waals surface area contributed by atoms with Crippen LogP contribution in [-0.4, -0.2) is 18.3 Å². The van der Waals surface area contributed by atoms with Gasteiger partial charge in [-0.2, -0.15) is 0 Å². The van der Waals surface area contributed by atoms with Crippen molar-refractivity contribution in [2.45, 2.75) is 45.2 Å². The molecule has 0 unspecified atom stereocenters. The fourth-order valence-electron chi connectivity index (χ4n) is 1.89. The highest BCUT2D eigenvalue weighted by atomic mass is 19.1. The zero-order valence-electron chi connectivity index (χ0n) is 11.4. The summed E-state index contributed by atoms with van der Waals surface area (Å²) in [5, 5.41) is 0. The minimum atomic E-state index is -0.297. The quantitative estimate of drug-likeness (QED) is 0.763. The van der Waals surface area contributed by atoms with Gasteiger partial charge in [0.1, 0.15) is 5.82 Å². The van der Waals surface area contributed by atoms with Crippen LogP contribution in [0.15, 0.2) is 24.3 Å². The average Bonchev–Trinajstić information content (AvgIpc) is 2.47. The van der Waals surface area contributed by atoms with Gasteiger partial charge in [-0.1, -0.05) is 12.1 Å². The predicted octanol–water partition coefficient (Wildman–Crippen LogP) is 3.47. The van der Waals surface area contributed by atoms with Gasteiger partial charge in [-0.25, -0.2) is 4.39 Å². The van der Waals surface area contributed by atoms with Crippen LogP contribution in [-0.2, 0) is 9.31 Å². The standard InChI is InChI=1S/C14H19BFO2/c1-13(2)14(3,4)18-15(17-13)10-9-11-5-7-12(16)8-6-11/h5-9H,10H2,1-4H3. The van der Waals surface area contributed by atoms with E-state index in [9.17, 15) is 4.39 Å². The molecule has 0 spiro atoms. The van der Waals surface area contributed by atoms with Crippen molar-refractivity contribution in [2.75, 3.05) is 0 Å². The Morgan fingerprint density at radius 3 is 2.06 bits per heavy atom. The van der Waals surface area contributed by atoms with Crippen molar-refractivity contribution in [1.29, 1.82) is 0 Å². The molecule has 0 N–H and O–H groups in total. The van der Waals surface area contributed by atoms with Gasteiger partial charge in [-0.05, 0) is 58.1 Å². The van der Waals surface area contributed by atoms with Gasteiger partial charge >= 0.3 is 7.12 Å². The molecule has 0 atom stereocenters. The van der Waals surface area contributed by atoms with Crippen LogP contribution in [0.5, 0.6) is 0 Å². The topological polar surface area (TPSA) is 18.5 Å². The maximum absolute atomic E-state index is 12.8. The molecule has 1 heterocycles. The van der Waals surface area contributed by atoms with Crippen LogP contribution in [0, 0.1) is 12.2 Å². The molecule has 1 fully saturated rings. The largest absolute Gasteiger partial charge is 0.458 e. The van der Waals surface area contributed by atoms with Gasteiger partial charge in [0, 0.05) is 0 Å². The Hall–Kier alpha value is -0.865. The highest BCUT2D eigenvalue weighted by Gasteiger charge is 2.50. The van der Waals surface area contributed by atoms with Crippen LogP contribution < -0.4 is 0 Å². The van der Waals surface area contributed by atoms with E-state index in [0.29, 0.717) is 6.32 Å². The summed E-state index contributed by atoms with van der Waals surface area (Å²) in [6.07, 6.45) is 2.67. The normalized spacial score (nSPS) is 21.3. The van der Waals surface area contributed by atoms with Crippen molar-refractivity contribution in [2.24, 2.45) is 0 Å². The van der Waals surface area contributed by atoms with Gasteiger partial charge in [-0.3, -0.25) is 0 Å². The first-order chi connectivity index (χ1) is 8.30. The SMILES string of the molecule is CC1(C)OB(C[CH]c2ccc(F)cc2)OC1(C)C. The molecule has 1 aliphatic heterocycles. The molecule has 1 radical (unpaired) electrons. The molecular weight excluding hydrogens is 230 g/mol. The van der Waals surface area contributed by atoms with Crippen LogP contribution in [0.25, 0.3) is 0 Å². The summed E-state index contributed by atoms with van der Waals surface area (Å²) in [5.41, 5.74) is 0.383. The Morgan fingerprint density at radius 2 is 1.56 bits per heavy atom. The lowest BCUT2D eigenvalue weighted by Crippen LogP contribution is -2.41. The van der Waals surface area contributed by atoms with E-state index in [1.165, 1.54) is 12.1 Å². The second-order valence-electron chi connectivity index (χ2n) is 5.68. The predicted molar refractivity (Wildman–Crippen MR) is 70.7 cm³/mol. The van der Waals surface area contributed by atoms with Crippen molar-refractivity contribution in [1.82, 2.24) is 0 Å². The van der Waals surface area contributed by atoms with Crippen molar-refractivity contribution in [3.8, 4) is 0 Å². The van der Waals surface area contributed by atoms with E-state index in [1.54, 1.807) is 12.1 Å².